The van der Waals surface area contributed by atoms with Crippen LogP contribution in [-0.4, -0.2) is 29.7 Å². The maximum atomic E-state index is 11.2. The Labute approximate surface area is 110 Å². The van der Waals surface area contributed by atoms with E-state index in [0.717, 1.165) is 0 Å². The number of hydrogen-bond acceptors (Lipinski definition) is 5. The molecular weight excluding hydrogens is 250 g/mol. The minimum Gasteiger partial charge on any atom is -0.368 e. The molecule has 1 aromatic rings. The zero-order valence-electron chi connectivity index (χ0n) is 10.7. The molecule has 0 heterocycles. The highest BCUT2D eigenvalue weighted by molar-refractivity contribution is 5.85. The van der Waals surface area contributed by atoms with Gasteiger partial charge in [-0.15, -0.1) is 0 Å². The summed E-state index contributed by atoms with van der Waals surface area (Å²) in [5, 5.41) is 11.0. The van der Waals surface area contributed by atoms with Crippen LogP contribution in [0.4, 0.5) is 11.4 Å². The second-order valence-electron chi connectivity index (χ2n) is 3.99. The Kier molecular flexibility index (Phi) is 4.57. The minimum atomic E-state index is -0.675. The summed E-state index contributed by atoms with van der Waals surface area (Å²) in [7, 11) is 0. The van der Waals surface area contributed by atoms with Crippen LogP contribution in [0.15, 0.2) is 18.2 Å². The second-order valence-corrected chi connectivity index (χ2v) is 3.99. The summed E-state index contributed by atoms with van der Waals surface area (Å²) in [5.74, 6) is -0.574. The van der Waals surface area contributed by atoms with Gasteiger partial charge in [-0.2, -0.15) is 0 Å². The van der Waals surface area contributed by atoms with E-state index in [9.17, 15) is 19.7 Å². The molecule has 0 bridgehead atoms. The number of amides is 1. The summed E-state index contributed by atoms with van der Waals surface area (Å²) >= 11 is 0. The highest BCUT2D eigenvalue weighted by Crippen LogP contribution is 2.30. The Morgan fingerprint density at radius 2 is 2.21 bits per heavy atom. The summed E-state index contributed by atoms with van der Waals surface area (Å²) in [6.45, 7) is 3.71. The van der Waals surface area contributed by atoms with E-state index in [1.54, 1.807) is 13.8 Å². The van der Waals surface area contributed by atoms with Crippen molar-refractivity contribution in [2.75, 3.05) is 11.4 Å². The molecule has 19 heavy (non-hydrogen) atoms. The van der Waals surface area contributed by atoms with Gasteiger partial charge in [0.05, 0.1) is 4.92 Å². The number of anilines is 1. The van der Waals surface area contributed by atoms with E-state index < -0.39 is 16.9 Å². The van der Waals surface area contributed by atoms with Gasteiger partial charge in [-0.3, -0.25) is 19.7 Å². The van der Waals surface area contributed by atoms with Gasteiger partial charge in [0.1, 0.15) is 18.0 Å². The average Bonchev–Trinajstić information content (AvgIpc) is 2.39. The summed E-state index contributed by atoms with van der Waals surface area (Å²) < 4.78 is 0. The fourth-order valence-corrected chi connectivity index (χ4v) is 1.81. The third-order valence-electron chi connectivity index (χ3n) is 2.86. The molecule has 7 heteroatoms. The van der Waals surface area contributed by atoms with E-state index in [1.807, 2.05) is 0 Å². The van der Waals surface area contributed by atoms with E-state index >= 15 is 0 Å². The number of nitro groups is 1. The summed E-state index contributed by atoms with van der Waals surface area (Å²) in [6, 6.07) is 3.42. The van der Waals surface area contributed by atoms with E-state index in [0.29, 0.717) is 12.8 Å². The molecule has 1 amide bonds. The van der Waals surface area contributed by atoms with Crippen LogP contribution in [0.2, 0.25) is 0 Å². The van der Waals surface area contributed by atoms with Crippen molar-refractivity contribution in [3.05, 3.63) is 33.9 Å². The average molecular weight is 265 g/mol. The molecule has 0 aliphatic rings. The fourth-order valence-electron chi connectivity index (χ4n) is 1.81. The van der Waals surface area contributed by atoms with Gasteiger partial charge in [-0.1, -0.05) is 0 Å². The fraction of sp³-hybridized carbons (Fsp3) is 0.333. The Morgan fingerprint density at radius 3 is 2.63 bits per heavy atom. The molecule has 0 aliphatic heterocycles. The van der Waals surface area contributed by atoms with Gasteiger partial charge >= 0.3 is 0 Å². The molecular formula is C12H15N3O4. The number of rotatable bonds is 6. The predicted octanol–water partition coefficient (Wildman–Crippen LogP) is 1.11. The molecule has 0 saturated heterocycles. The largest absolute Gasteiger partial charge is 0.368 e. The van der Waals surface area contributed by atoms with Crippen LogP contribution in [0.25, 0.3) is 0 Å². The lowest BCUT2D eigenvalue weighted by atomic mass is 10.1. The zero-order chi connectivity index (χ0) is 14.6. The van der Waals surface area contributed by atoms with Crippen molar-refractivity contribution < 1.29 is 14.5 Å². The van der Waals surface area contributed by atoms with Gasteiger partial charge in [-0.05, 0) is 26.0 Å². The summed E-state index contributed by atoms with van der Waals surface area (Å²) in [5.41, 5.74) is 5.48. The molecule has 0 radical (unpaired) electrons. The van der Waals surface area contributed by atoms with Crippen molar-refractivity contribution in [3.63, 3.8) is 0 Å². The van der Waals surface area contributed by atoms with Crippen molar-refractivity contribution in [3.8, 4) is 0 Å². The van der Waals surface area contributed by atoms with E-state index in [1.165, 1.54) is 23.1 Å². The number of likely N-dealkylation sites (N-methyl/N-ethyl adjacent to an activating group) is 1. The van der Waals surface area contributed by atoms with E-state index in [2.05, 4.69) is 0 Å². The SMILES string of the molecule is CCN(c1ccc(C=O)cc1[N+](=O)[O-])C(C)C(N)=O. The van der Waals surface area contributed by atoms with Crippen LogP contribution in [-0.2, 0) is 4.79 Å². The zero-order valence-corrected chi connectivity index (χ0v) is 10.7. The van der Waals surface area contributed by atoms with Crippen LogP contribution in [0.5, 0.6) is 0 Å². The maximum Gasteiger partial charge on any atom is 0.293 e. The van der Waals surface area contributed by atoms with E-state index in [4.69, 9.17) is 5.73 Å². The van der Waals surface area contributed by atoms with Gasteiger partial charge in [0.25, 0.3) is 5.69 Å². The first-order valence-electron chi connectivity index (χ1n) is 5.72. The van der Waals surface area contributed by atoms with Gasteiger partial charge < -0.3 is 10.6 Å². The lowest BCUT2D eigenvalue weighted by molar-refractivity contribution is -0.384. The summed E-state index contributed by atoms with van der Waals surface area (Å²) in [4.78, 5) is 33.9. The van der Waals surface area contributed by atoms with Crippen LogP contribution in [0.1, 0.15) is 24.2 Å². The Bertz CT molecular complexity index is 516. The first kappa shape index (κ1) is 14.6. The van der Waals surface area contributed by atoms with Crippen molar-refractivity contribution >= 4 is 23.6 Å². The Balaban J connectivity index is 3.34. The molecule has 1 aromatic carbocycles. The summed E-state index contributed by atoms with van der Waals surface area (Å²) in [6.07, 6.45) is 0.532. The number of nitrogens with two attached hydrogens (primary N) is 1. The second kappa shape index (κ2) is 5.94. The van der Waals surface area contributed by atoms with Gasteiger partial charge in [-0.25, -0.2) is 0 Å². The Morgan fingerprint density at radius 1 is 1.58 bits per heavy atom. The third kappa shape index (κ3) is 3.06. The molecule has 0 aromatic heterocycles. The first-order chi connectivity index (χ1) is 8.92. The van der Waals surface area contributed by atoms with Crippen molar-refractivity contribution in [1.29, 1.82) is 0 Å². The highest BCUT2D eigenvalue weighted by Gasteiger charge is 2.25. The standard InChI is InChI=1S/C12H15N3O4/c1-3-14(8(2)12(13)17)10-5-4-9(7-16)6-11(10)15(18)19/h4-8H,3H2,1-2H3,(H2,13,17). The molecule has 7 nitrogen and oxygen atoms in total. The topological polar surface area (TPSA) is 107 Å². The molecule has 0 aliphatic carbocycles. The van der Waals surface area contributed by atoms with Crippen molar-refractivity contribution in [2.24, 2.45) is 5.73 Å². The lowest BCUT2D eigenvalue weighted by Gasteiger charge is -2.27. The number of carbonyl (C=O) groups excluding carboxylic acids is 2. The van der Waals surface area contributed by atoms with Crippen LogP contribution >= 0.6 is 0 Å². The number of hydrogen-bond donors (Lipinski definition) is 1. The van der Waals surface area contributed by atoms with E-state index in [-0.39, 0.29) is 16.9 Å². The minimum absolute atomic E-state index is 0.207. The number of primary amides is 1. The monoisotopic (exact) mass is 265 g/mol. The normalized spacial score (nSPS) is 11.7. The molecule has 0 saturated carbocycles. The quantitative estimate of drug-likeness (QED) is 0.471. The lowest BCUT2D eigenvalue weighted by Crippen LogP contribution is -2.43. The number of nitro benzene ring substituents is 1. The first-order valence-corrected chi connectivity index (χ1v) is 5.72. The van der Waals surface area contributed by atoms with Crippen molar-refractivity contribution in [1.82, 2.24) is 0 Å². The molecule has 102 valence electrons. The number of nitrogens with zero attached hydrogens (tertiary/aromatic N) is 2. The third-order valence-corrected chi connectivity index (χ3v) is 2.86. The predicted molar refractivity (Wildman–Crippen MR) is 70.2 cm³/mol. The highest BCUT2D eigenvalue weighted by atomic mass is 16.6. The Hall–Kier alpha value is -2.44. The number of carbonyl (C=O) groups is 2. The molecule has 2 N–H and O–H groups in total. The van der Waals surface area contributed by atoms with Gasteiger partial charge in [0.2, 0.25) is 5.91 Å². The maximum absolute atomic E-state index is 11.2. The van der Waals surface area contributed by atoms with Gasteiger partial charge in [0.15, 0.2) is 0 Å². The van der Waals surface area contributed by atoms with Crippen molar-refractivity contribution in [2.45, 2.75) is 19.9 Å². The molecule has 1 rings (SSSR count). The molecule has 0 fully saturated rings. The molecule has 1 atom stereocenters. The van der Waals surface area contributed by atoms with Crippen LogP contribution in [0, 0.1) is 10.1 Å². The number of aldehydes is 1. The molecule has 0 spiro atoms. The smallest absolute Gasteiger partial charge is 0.293 e. The number of benzene rings is 1. The van der Waals surface area contributed by atoms with Gasteiger partial charge in [0, 0.05) is 18.2 Å². The van der Waals surface area contributed by atoms with Crippen LogP contribution in [0.3, 0.4) is 0 Å². The molecule has 1 unspecified atom stereocenters. The van der Waals surface area contributed by atoms with Crippen LogP contribution < -0.4 is 10.6 Å².